The molecule has 0 saturated carbocycles. The molecule has 136 valence electrons. The van der Waals surface area contributed by atoms with E-state index in [1.165, 1.54) is 23.1 Å². The van der Waals surface area contributed by atoms with Crippen LogP contribution in [0.4, 0.5) is 5.13 Å². The molecule has 0 aliphatic heterocycles. The van der Waals surface area contributed by atoms with Crippen molar-refractivity contribution in [2.75, 3.05) is 11.1 Å². The lowest BCUT2D eigenvalue weighted by Gasteiger charge is -2.06. The van der Waals surface area contributed by atoms with Crippen molar-refractivity contribution in [3.8, 4) is 11.5 Å². The van der Waals surface area contributed by atoms with E-state index >= 15 is 0 Å². The number of nitrogens with one attached hydrogen (secondary N) is 1. The second-order valence-electron chi connectivity index (χ2n) is 5.59. The number of para-hydroxylation sites is 1. The van der Waals surface area contributed by atoms with Crippen LogP contribution in [0.5, 0.6) is 0 Å². The van der Waals surface area contributed by atoms with E-state index in [1.807, 2.05) is 54.0 Å². The Balaban J connectivity index is 1.44. The van der Waals surface area contributed by atoms with Crippen LogP contribution in [0.3, 0.4) is 0 Å². The fourth-order valence-electron chi connectivity index (χ4n) is 2.58. The highest BCUT2D eigenvalue weighted by molar-refractivity contribution is 7.99. The van der Waals surface area contributed by atoms with Gasteiger partial charge in [-0.15, -0.1) is 10.2 Å². The molecule has 4 aromatic rings. The van der Waals surface area contributed by atoms with Gasteiger partial charge in [0.2, 0.25) is 5.91 Å². The molecule has 27 heavy (non-hydrogen) atoms. The maximum absolute atomic E-state index is 12.3. The van der Waals surface area contributed by atoms with Crippen molar-refractivity contribution < 1.29 is 4.79 Å². The zero-order valence-corrected chi connectivity index (χ0v) is 16.1. The molecule has 3 aromatic heterocycles. The van der Waals surface area contributed by atoms with Crippen LogP contribution in [0.25, 0.3) is 21.7 Å². The largest absolute Gasteiger partial charge is 0.301 e. The number of fused-ring (bicyclic) bond motifs is 1. The molecule has 1 amide bonds. The number of carbonyl (C=O) groups is 1. The zero-order valence-electron chi connectivity index (χ0n) is 14.5. The minimum absolute atomic E-state index is 0.121. The van der Waals surface area contributed by atoms with Gasteiger partial charge in [0.1, 0.15) is 5.69 Å². The maximum atomic E-state index is 12.3. The fourth-order valence-corrected chi connectivity index (χ4v) is 4.26. The van der Waals surface area contributed by atoms with Gasteiger partial charge in [0.25, 0.3) is 0 Å². The van der Waals surface area contributed by atoms with Crippen LogP contribution in [0, 0.1) is 0 Å². The van der Waals surface area contributed by atoms with Gasteiger partial charge in [-0.2, -0.15) is 0 Å². The average molecular weight is 397 g/mol. The molecule has 0 radical (unpaired) electrons. The number of benzene rings is 1. The van der Waals surface area contributed by atoms with E-state index in [9.17, 15) is 4.79 Å². The number of rotatable bonds is 6. The quantitative estimate of drug-likeness (QED) is 0.500. The fraction of sp³-hybridized carbons (Fsp3) is 0.167. The van der Waals surface area contributed by atoms with Gasteiger partial charge in [-0.05, 0) is 31.2 Å². The van der Waals surface area contributed by atoms with Crippen LogP contribution in [-0.4, -0.2) is 36.4 Å². The van der Waals surface area contributed by atoms with Gasteiger partial charge in [-0.3, -0.25) is 9.78 Å². The Morgan fingerprint density at radius 1 is 1.19 bits per heavy atom. The van der Waals surface area contributed by atoms with Crippen molar-refractivity contribution in [3.63, 3.8) is 0 Å². The van der Waals surface area contributed by atoms with E-state index in [1.54, 1.807) is 6.20 Å². The number of hydrogen-bond acceptors (Lipinski definition) is 7. The summed E-state index contributed by atoms with van der Waals surface area (Å²) in [7, 11) is 0. The Morgan fingerprint density at radius 2 is 2.04 bits per heavy atom. The Labute approximate surface area is 163 Å². The third-order valence-corrected chi connectivity index (χ3v) is 5.72. The third-order valence-electron chi connectivity index (χ3n) is 3.80. The highest BCUT2D eigenvalue weighted by atomic mass is 32.2. The second kappa shape index (κ2) is 7.85. The predicted octanol–water partition coefficient (Wildman–Crippen LogP) is 3.70. The van der Waals surface area contributed by atoms with Crippen LogP contribution in [0.15, 0.2) is 53.8 Å². The normalized spacial score (nSPS) is 11.0. The van der Waals surface area contributed by atoms with E-state index in [0.29, 0.717) is 22.7 Å². The first kappa shape index (κ1) is 17.6. The summed E-state index contributed by atoms with van der Waals surface area (Å²) in [6.45, 7) is 2.71. The minimum atomic E-state index is -0.121. The molecule has 9 heteroatoms. The molecule has 0 aliphatic carbocycles. The molecule has 1 N–H and O–H groups in total. The van der Waals surface area contributed by atoms with E-state index in [0.717, 1.165) is 15.9 Å². The van der Waals surface area contributed by atoms with Gasteiger partial charge in [-0.25, -0.2) is 4.98 Å². The number of thioether (sulfide) groups is 1. The molecule has 0 spiro atoms. The number of nitrogens with zero attached hydrogens (tertiary/aromatic N) is 5. The standard InChI is InChI=1S/C18H16N6OS2/c1-2-24-16(13-8-5-6-10-19-13)22-23-18(24)26-11-15(25)21-17-20-12-7-3-4-9-14(12)27-17/h3-10H,2,11H2,1H3,(H,20,21,25). The Hall–Kier alpha value is -2.78. The molecule has 0 unspecified atom stereocenters. The first-order valence-electron chi connectivity index (χ1n) is 8.37. The molecule has 0 bridgehead atoms. The molecule has 0 atom stereocenters. The van der Waals surface area contributed by atoms with Gasteiger partial charge >= 0.3 is 0 Å². The van der Waals surface area contributed by atoms with E-state index in [2.05, 4.69) is 25.5 Å². The monoisotopic (exact) mass is 396 g/mol. The van der Waals surface area contributed by atoms with Crippen molar-refractivity contribution >= 4 is 44.4 Å². The summed E-state index contributed by atoms with van der Waals surface area (Å²) in [6, 6.07) is 13.5. The van der Waals surface area contributed by atoms with Crippen LogP contribution in [0.2, 0.25) is 0 Å². The Kier molecular flexibility index (Phi) is 5.12. The van der Waals surface area contributed by atoms with Gasteiger partial charge in [0.05, 0.1) is 16.0 Å². The number of hydrogen-bond donors (Lipinski definition) is 1. The number of aromatic nitrogens is 5. The van der Waals surface area contributed by atoms with Crippen molar-refractivity contribution in [1.29, 1.82) is 0 Å². The highest BCUT2D eigenvalue weighted by Crippen LogP contribution is 2.26. The number of anilines is 1. The van der Waals surface area contributed by atoms with Gasteiger partial charge < -0.3 is 9.88 Å². The molecule has 0 saturated heterocycles. The Morgan fingerprint density at radius 3 is 2.81 bits per heavy atom. The van der Waals surface area contributed by atoms with Crippen molar-refractivity contribution in [3.05, 3.63) is 48.7 Å². The maximum Gasteiger partial charge on any atom is 0.236 e. The summed E-state index contributed by atoms with van der Waals surface area (Å²) >= 11 is 2.81. The van der Waals surface area contributed by atoms with Crippen molar-refractivity contribution in [2.45, 2.75) is 18.6 Å². The SMILES string of the molecule is CCn1c(SCC(=O)Nc2nc3ccccc3s2)nnc1-c1ccccn1. The molecule has 0 fully saturated rings. The third kappa shape index (κ3) is 3.83. The molecular formula is C18H16N6OS2. The molecule has 7 nitrogen and oxygen atoms in total. The van der Waals surface area contributed by atoms with Gasteiger partial charge in [-0.1, -0.05) is 41.3 Å². The lowest BCUT2D eigenvalue weighted by atomic mass is 10.3. The summed E-state index contributed by atoms with van der Waals surface area (Å²) in [6.07, 6.45) is 1.72. The number of pyridine rings is 1. The van der Waals surface area contributed by atoms with Gasteiger partial charge in [0.15, 0.2) is 16.1 Å². The van der Waals surface area contributed by atoms with E-state index in [4.69, 9.17) is 0 Å². The first-order valence-corrected chi connectivity index (χ1v) is 10.2. The first-order chi connectivity index (χ1) is 13.2. The molecule has 3 heterocycles. The molecule has 0 aliphatic rings. The molecule has 1 aromatic carbocycles. The summed E-state index contributed by atoms with van der Waals surface area (Å²) < 4.78 is 3.00. The number of amides is 1. The highest BCUT2D eigenvalue weighted by Gasteiger charge is 2.15. The molecular weight excluding hydrogens is 380 g/mol. The smallest absolute Gasteiger partial charge is 0.236 e. The van der Waals surface area contributed by atoms with Crippen LogP contribution in [-0.2, 0) is 11.3 Å². The van der Waals surface area contributed by atoms with Crippen molar-refractivity contribution in [1.82, 2.24) is 24.7 Å². The van der Waals surface area contributed by atoms with Crippen molar-refractivity contribution in [2.24, 2.45) is 0 Å². The summed E-state index contributed by atoms with van der Waals surface area (Å²) in [4.78, 5) is 21.0. The number of thiazole rings is 1. The van der Waals surface area contributed by atoms with Gasteiger partial charge in [0, 0.05) is 12.7 Å². The summed E-state index contributed by atoms with van der Waals surface area (Å²) in [5, 5.41) is 12.6. The average Bonchev–Trinajstić information content (AvgIpc) is 3.29. The molecule has 4 rings (SSSR count). The topological polar surface area (TPSA) is 85.6 Å². The summed E-state index contributed by atoms with van der Waals surface area (Å²) in [5.74, 6) is 0.812. The Bertz CT molecular complexity index is 1040. The minimum Gasteiger partial charge on any atom is -0.301 e. The lowest BCUT2D eigenvalue weighted by molar-refractivity contribution is -0.113. The van der Waals surface area contributed by atoms with Crippen LogP contribution >= 0.6 is 23.1 Å². The number of carbonyl (C=O) groups excluding carboxylic acids is 1. The lowest BCUT2D eigenvalue weighted by Crippen LogP contribution is -2.14. The predicted molar refractivity (Wildman–Crippen MR) is 108 cm³/mol. The second-order valence-corrected chi connectivity index (χ2v) is 7.56. The zero-order chi connectivity index (χ0) is 18.6. The van der Waals surface area contributed by atoms with E-state index < -0.39 is 0 Å². The van der Waals surface area contributed by atoms with Crippen LogP contribution < -0.4 is 5.32 Å². The van der Waals surface area contributed by atoms with Crippen LogP contribution in [0.1, 0.15) is 6.92 Å². The summed E-state index contributed by atoms with van der Waals surface area (Å²) in [5.41, 5.74) is 1.65. The van der Waals surface area contributed by atoms with E-state index in [-0.39, 0.29) is 11.7 Å².